The summed E-state index contributed by atoms with van der Waals surface area (Å²) < 4.78 is 2.01. The number of hydrogen-bond acceptors (Lipinski definition) is 6. The van der Waals surface area contributed by atoms with Crippen LogP contribution in [0.15, 0.2) is 79.3 Å². The van der Waals surface area contributed by atoms with Crippen molar-refractivity contribution in [2.75, 3.05) is 18.4 Å². The Morgan fingerprint density at radius 1 is 1.06 bits per heavy atom. The molecule has 35 heavy (non-hydrogen) atoms. The van der Waals surface area contributed by atoms with Crippen molar-refractivity contribution in [1.82, 2.24) is 25.1 Å². The van der Waals surface area contributed by atoms with Crippen molar-refractivity contribution >= 4 is 33.3 Å². The van der Waals surface area contributed by atoms with Crippen molar-refractivity contribution in [1.29, 1.82) is 0 Å². The smallest absolute Gasteiger partial charge is 0.141 e. The fourth-order valence-corrected chi connectivity index (χ4v) is 4.39. The van der Waals surface area contributed by atoms with Crippen LogP contribution in [0.25, 0.3) is 21.8 Å². The Bertz CT molecular complexity index is 1580. The lowest BCUT2D eigenvalue weighted by Crippen LogP contribution is -2.28. The van der Waals surface area contributed by atoms with Crippen LogP contribution in [0.2, 0.25) is 0 Å². The standard InChI is InChI=1S/C28H24N6O/c35-28(12-13-29-18-28)11-10-20-6-8-25-24(14-20)27(31-19-30-25)33-23-7-9-26-22(15-23)16-32-34(26)17-21-4-2-1-3-5-21/h1-9,14-16,19,29,35H,12-13,17-18H2,(H,30,31,33). The molecule has 5 aromatic rings. The molecule has 3 N–H and O–H groups in total. The van der Waals surface area contributed by atoms with Gasteiger partial charge in [-0.1, -0.05) is 42.2 Å². The number of aliphatic hydroxyl groups is 1. The molecule has 1 aliphatic rings. The molecular weight excluding hydrogens is 436 g/mol. The molecule has 0 saturated carbocycles. The Balaban J connectivity index is 1.28. The first-order chi connectivity index (χ1) is 17.2. The Hall–Kier alpha value is -4.25. The number of benzene rings is 3. The summed E-state index contributed by atoms with van der Waals surface area (Å²) in [4.78, 5) is 8.88. The summed E-state index contributed by atoms with van der Waals surface area (Å²) in [5.74, 6) is 6.85. The minimum atomic E-state index is -0.969. The van der Waals surface area contributed by atoms with Gasteiger partial charge in [-0.25, -0.2) is 9.97 Å². The molecule has 1 atom stereocenters. The van der Waals surface area contributed by atoms with Crippen LogP contribution in [-0.4, -0.2) is 43.5 Å². The van der Waals surface area contributed by atoms with Crippen molar-refractivity contribution in [3.05, 3.63) is 90.4 Å². The highest BCUT2D eigenvalue weighted by Gasteiger charge is 2.28. The van der Waals surface area contributed by atoms with Crippen molar-refractivity contribution in [2.45, 2.75) is 18.6 Å². The lowest BCUT2D eigenvalue weighted by molar-refractivity contribution is 0.124. The molecule has 0 radical (unpaired) electrons. The van der Waals surface area contributed by atoms with E-state index < -0.39 is 5.60 Å². The van der Waals surface area contributed by atoms with E-state index in [1.54, 1.807) is 6.33 Å². The van der Waals surface area contributed by atoms with Crippen LogP contribution in [0.5, 0.6) is 0 Å². The van der Waals surface area contributed by atoms with Crippen LogP contribution >= 0.6 is 0 Å². The average molecular weight is 461 g/mol. The Kier molecular flexibility index (Phi) is 5.38. The predicted octanol–water partition coefficient (Wildman–Crippen LogP) is 3.85. The van der Waals surface area contributed by atoms with Gasteiger partial charge in [-0.3, -0.25) is 4.68 Å². The van der Waals surface area contributed by atoms with Crippen molar-refractivity contribution in [3.8, 4) is 11.8 Å². The van der Waals surface area contributed by atoms with Crippen LogP contribution in [-0.2, 0) is 6.54 Å². The molecule has 6 rings (SSSR count). The summed E-state index contributed by atoms with van der Waals surface area (Å²) in [6.45, 7) is 2.00. The molecule has 1 aliphatic heterocycles. The van der Waals surface area contributed by atoms with E-state index in [-0.39, 0.29) is 0 Å². The van der Waals surface area contributed by atoms with Crippen LogP contribution < -0.4 is 10.6 Å². The molecule has 7 heteroatoms. The number of aromatic nitrogens is 4. The van der Waals surface area contributed by atoms with E-state index in [1.807, 2.05) is 53.3 Å². The van der Waals surface area contributed by atoms with Crippen LogP contribution in [0, 0.1) is 11.8 Å². The second-order valence-corrected chi connectivity index (χ2v) is 8.85. The molecule has 1 fully saturated rings. The number of anilines is 2. The van der Waals surface area contributed by atoms with Gasteiger partial charge in [0.25, 0.3) is 0 Å². The molecule has 1 saturated heterocycles. The summed E-state index contributed by atoms with van der Waals surface area (Å²) in [7, 11) is 0. The molecule has 1 unspecified atom stereocenters. The van der Waals surface area contributed by atoms with Gasteiger partial charge in [0.15, 0.2) is 0 Å². The Morgan fingerprint density at radius 3 is 2.83 bits per heavy atom. The minimum Gasteiger partial charge on any atom is -0.376 e. The maximum atomic E-state index is 10.5. The summed E-state index contributed by atoms with van der Waals surface area (Å²) >= 11 is 0. The number of rotatable bonds is 4. The molecule has 0 spiro atoms. The van der Waals surface area contributed by atoms with Gasteiger partial charge in [0.05, 0.1) is 23.8 Å². The second-order valence-electron chi connectivity index (χ2n) is 8.85. The molecule has 0 amide bonds. The third-order valence-corrected chi connectivity index (χ3v) is 6.29. The summed E-state index contributed by atoms with van der Waals surface area (Å²) in [5, 5.41) is 23.6. The van der Waals surface area contributed by atoms with E-state index in [2.05, 4.69) is 61.8 Å². The van der Waals surface area contributed by atoms with Gasteiger partial charge >= 0.3 is 0 Å². The van der Waals surface area contributed by atoms with Crippen molar-refractivity contribution < 1.29 is 5.11 Å². The third-order valence-electron chi connectivity index (χ3n) is 6.29. The Morgan fingerprint density at radius 2 is 1.97 bits per heavy atom. The zero-order chi connectivity index (χ0) is 23.7. The molecular formula is C28H24N6O. The molecule has 2 aromatic heterocycles. The fraction of sp³-hybridized carbons (Fsp3) is 0.179. The summed E-state index contributed by atoms with van der Waals surface area (Å²) in [6, 6.07) is 22.3. The maximum Gasteiger partial charge on any atom is 0.141 e. The molecule has 3 aromatic carbocycles. The van der Waals surface area contributed by atoms with Gasteiger partial charge in [-0.2, -0.15) is 5.10 Å². The van der Waals surface area contributed by atoms with E-state index >= 15 is 0 Å². The van der Waals surface area contributed by atoms with Gasteiger partial charge in [-0.05, 0) is 48.5 Å². The first kappa shape index (κ1) is 21.3. The highest BCUT2D eigenvalue weighted by molar-refractivity contribution is 5.92. The highest BCUT2D eigenvalue weighted by atomic mass is 16.3. The predicted molar refractivity (Wildman–Crippen MR) is 137 cm³/mol. The van der Waals surface area contributed by atoms with E-state index in [1.165, 1.54) is 5.56 Å². The summed E-state index contributed by atoms with van der Waals surface area (Å²) in [6.07, 6.45) is 4.07. The van der Waals surface area contributed by atoms with Gasteiger partial charge in [0.2, 0.25) is 0 Å². The minimum absolute atomic E-state index is 0.494. The quantitative estimate of drug-likeness (QED) is 0.353. The SMILES string of the molecule is OC1(C#Cc2ccc3ncnc(Nc4ccc5c(cnn5Cc5ccccc5)c4)c3c2)CCNC1. The van der Waals surface area contributed by atoms with Gasteiger partial charge < -0.3 is 15.7 Å². The van der Waals surface area contributed by atoms with Gasteiger partial charge in [0.1, 0.15) is 17.7 Å². The first-order valence-corrected chi connectivity index (χ1v) is 11.6. The van der Waals surface area contributed by atoms with E-state index in [0.29, 0.717) is 18.8 Å². The van der Waals surface area contributed by atoms with Crippen LogP contribution in [0.4, 0.5) is 11.5 Å². The molecule has 3 heterocycles. The number of hydrogen-bond donors (Lipinski definition) is 3. The van der Waals surface area contributed by atoms with Crippen LogP contribution in [0.1, 0.15) is 17.5 Å². The van der Waals surface area contributed by atoms with Crippen LogP contribution in [0.3, 0.4) is 0 Å². The zero-order valence-corrected chi connectivity index (χ0v) is 19.1. The zero-order valence-electron chi connectivity index (χ0n) is 19.1. The van der Waals surface area contributed by atoms with Gasteiger partial charge in [-0.15, -0.1) is 0 Å². The van der Waals surface area contributed by atoms with Gasteiger partial charge in [0, 0.05) is 35.0 Å². The molecule has 0 aliphatic carbocycles. The number of nitrogens with one attached hydrogen (secondary N) is 2. The normalized spacial score (nSPS) is 17.4. The second kappa shape index (κ2) is 8.84. The van der Waals surface area contributed by atoms with E-state index in [9.17, 15) is 5.11 Å². The monoisotopic (exact) mass is 460 g/mol. The number of nitrogens with zero attached hydrogens (tertiary/aromatic N) is 4. The summed E-state index contributed by atoms with van der Waals surface area (Å²) in [5.41, 5.74) is 3.87. The molecule has 7 nitrogen and oxygen atoms in total. The number of fused-ring (bicyclic) bond motifs is 2. The third kappa shape index (κ3) is 4.45. The average Bonchev–Trinajstić information content (AvgIpc) is 3.50. The molecule has 172 valence electrons. The highest BCUT2D eigenvalue weighted by Crippen LogP contribution is 2.26. The first-order valence-electron chi connectivity index (χ1n) is 11.6. The molecule has 0 bridgehead atoms. The van der Waals surface area contributed by atoms with Crippen molar-refractivity contribution in [2.24, 2.45) is 0 Å². The lowest BCUT2D eigenvalue weighted by Gasteiger charge is -2.12. The largest absolute Gasteiger partial charge is 0.376 e. The van der Waals surface area contributed by atoms with Crippen molar-refractivity contribution in [3.63, 3.8) is 0 Å². The number of β-amino-alcohol motifs (C(OH)–C–C–N with tert-alkyl or cyclic N) is 1. The van der Waals surface area contributed by atoms with E-state index in [0.717, 1.165) is 46.1 Å². The maximum absolute atomic E-state index is 10.5. The van der Waals surface area contributed by atoms with E-state index in [4.69, 9.17) is 0 Å². The Labute approximate surface area is 202 Å². The lowest BCUT2D eigenvalue weighted by atomic mass is 10.0. The fourth-order valence-electron chi connectivity index (χ4n) is 4.39. The topological polar surface area (TPSA) is 87.9 Å².